The summed E-state index contributed by atoms with van der Waals surface area (Å²) in [5.74, 6) is 0.586. The number of rotatable bonds is 1. The summed E-state index contributed by atoms with van der Waals surface area (Å²) < 4.78 is 7.11. The highest BCUT2D eigenvalue weighted by Crippen LogP contribution is 2.23. The number of fused-ring (bicyclic) bond motifs is 3. The van der Waals surface area contributed by atoms with Crippen molar-refractivity contribution < 1.29 is 4.42 Å². The molecule has 0 radical (unpaired) electrons. The van der Waals surface area contributed by atoms with Crippen molar-refractivity contribution in [3.05, 3.63) is 59.3 Å². The summed E-state index contributed by atoms with van der Waals surface area (Å²) in [6.07, 6.45) is 3.21. The van der Waals surface area contributed by atoms with E-state index in [1.807, 2.05) is 24.3 Å². The average Bonchev–Trinajstić information content (AvgIpc) is 3.08. The summed E-state index contributed by atoms with van der Waals surface area (Å²) >= 11 is 0. The van der Waals surface area contributed by atoms with Gasteiger partial charge in [-0.15, -0.1) is 0 Å². The summed E-state index contributed by atoms with van der Waals surface area (Å²) in [5, 5.41) is 0. The van der Waals surface area contributed by atoms with Gasteiger partial charge in [-0.25, -0.2) is 4.98 Å². The number of H-pyrrole nitrogens is 1. The van der Waals surface area contributed by atoms with Crippen LogP contribution in [0, 0.1) is 0 Å². The van der Waals surface area contributed by atoms with Crippen LogP contribution in [0.1, 0.15) is 0 Å². The molecule has 5 nitrogen and oxygen atoms in total. The van der Waals surface area contributed by atoms with E-state index in [4.69, 9.17) is 4.42 Å². The second kappa shape index (κ2) is 3.58. The highest BCUT2D eigenvalue weighted by Gasteiger charge is 2.14. The average molecular weight is 251 g/mol. The molecular formula is C14H9N3O2. The highest BCUT2D eigenvalue weighted by atomic mass is 16.3. The van der Waals surface area contributed by atoms with Crippen molar-refractivity contribution in [1.82, 2.24) is 14.4 Å². The zero-order valence-electron chi connectivity index (χ0n) is 9.83. The van der Waals surface area contributed by atoms with E-state index in [1.165, 1.54) is 0 Å². The van der Waals surface area contributed by atoms with Crippen LogP contribution in [0.5, 0.6) is 0 Å². The van der Waals surface area contributed by atoms with E-state index in [1.54, 1.807) is 29.1 Å². The summed E-state index contributed by atoms with van der Waals surface area (Å²) in [7, 11) is 0. The van der Waals surface area contributed by atoms with Crippen molar-refractivity contribution >= 4 is 16.6 Å². The lowest BCUT2D eigenvalue weighted by molar-refractivity contribution is 0.581. The van der Waals surface area contributed by atoms with Crippen molar-refractivity contribution in [3.63, 3.8) is 0 Å². The first kappa shape index (κ1) is 10.1. The van der Waals surface area contributed by atoms with Gasteiger partial charge in [0.1, 0.15) is 17.5 Å². The molecule has 5 heteroatoms. The minimum atomic E-state index is -0.178. The van der Waals surface area contributed by atoms with E-state index >= 15 is 0 Å². The molecule has 0 atom stereocenters. The smallest absolute Gasteiger partial charge is 0.275 e. The number of nitrogens with zero attached hydrogens (tertiary/aromatic N) is 2. The maximum absolute atomic E-state index is 12.2. The van der Waals surface area contributed by atoms with Crippen LogP contribution in [-0.2, 0) is 0 Å². The largest absolute Gasteiger partial charge is 0.463 e. The third-order valence-electron chi connectivity index (χ3n) is 3.15. The molecule has 0 aliphatic heterocycles. The molecule has 0 aliphatic rings. The van der Waals surface area contributed by atoms with Gasteiger partial charge in [0.2, 0.25) is 0 Å². The first-order valence-electron chi connectivity index (χ1n) is 5.86. The van der Waals surface area contributed by atoms with Gasteiger partial charge in [0.05, 0.1) is 17.3 Å². The van der Waals surface area contributed by atoms with Crippen LogP contribution in [0.4, 0.5) is 0 Å². The third kappa shape index (κ3) is 1.35. The number of para-hydroxylation sites is 2. The van der Waals surface area contributed by atoms with Gasteiger partial charge < -0.3 is 9.40 Å². The van der Waals surface area contributed by atoms with E-state index in [9.17, 15) is 4.79 Å². The van der Waals surface area contributed by atoms with E-state index in [0.717, 1.165) is 11.0 Å². The minimum Gasteiger partial charge on any atom is -0.463 e. The zero-order valence-corrected chi connectivity index (χ0v) is 9.83. The third-order valence-corrected chi connectivity index (χ3v) is 3.15. The number of furan rings is 1. The molecule has 1 N–H and O–H groups in total. The SMILES string of the molecule is O=c1[nH]c2ccccc2n2cnc(-c3ccco3)c12. The van der Waals surface area contributed by atoms with E-state index < -0.39 is 0 Å². The maximum Gasteiger partial charge on any atom is 0.275 e. The van der Waals surface area contributed by atoms with Crippen LogP contribution in [-0.4, -0.2) is 14.4 Å². The van der Waals surface area contributed by atoms with Gasteiger partial charge in [0, 0.05) is 0 Å². The summed E-state index contributed by atoms with van der Waals surface area (Å²) in [6.45, 7) is 0. The monoisotopic (exact) mass is 251 g/mol. The number of aromatic amines is 1. The minimum absolute atomic E-state index is 0.178. The Hall–Kier alpha value is -2.82. The van der Waals surface area contributed by atoms with Crippen molar-refractivity contribution in [2.24, 2.45) is 0 Å². The Labute approximate surface area is 107 Å². The fourth-order valence-electron chi connectivity index (χ4n) is 2.31. The Kier molecular flexibility index (Phi) is 1.91. The molecule has 0 fully saturated rings. The van der Waals surface area contributed by atoms with Crippen molar-refractivity contribution in [2.75, 3.05) is 0 Å². The molecule has 0 amide bonds. The van der Waals surface area contributed by atoms with Crippen LogP contribution in [0.15, 0.2) is 58.2 Å². The lowest BCUT2D eigenvalue weighted by atomic mass is 10.2. The molecule has 4 rings (SSSR count). The Morgan fingerprint density at radius 2 is 2.05 bits per heavy atom. The van der Waals surface area contributed by atoms with Gasteiger partial charge in [0.25, 0.3) is 5.56 Å². The van der Waals surface area contributed by atoms with Crippen LogP contribution in [0.3, 0.4) is 0 Å². The molecule has 1 aromatic carbocycles. The molecule has 19 heavy (non-hydrogen) atoms. The van der Waals surface area contributed by atoms with Gasteiger partial charge in [-0.1, -0.05) is 12.1 Å². The predicted molar refractivity (Wildman–Crippen MR) is 71.0 cm³/mol. The number of imidazole rings is 1. The Morgan fingerprint density at radius 3 is 2.89 bits per heavy atom. The lowest BCUT2D eigenvalue weighted by Crippen LogP contribution is -2.10. The molecule has 0 bridgehead atoms. The topological polar surface area (TPSA) is 63.3 Å². The van der Waals surface area contributed by atoms with Crippen molar-refractivity contribution in [3.8, 4) is 11.5 Å². The van der Waals surface area contributed by atoms with Gasteiger partial charge in [0.15, 0.2) is 5.76 Å². The molecule has 4 aromatic rings. The second-order valence-corrected chi connectivity index (χ2v) is 4.26. The second-order valence-electron chi connectivity index (χ2n) is 4.26. The molecule has 0 unspecified atom stereocenters. The standard InChI is InChI=1S/C14H9N3O2/c18-14-13-12(11-6-3-7-19-11)15-8-17(13)10-5-2-1-4-9(10)16-14/h1-8H,(H,16,18). The lowest BCUT2D eigenvalue weighted by Gasteiger charge is -2.01. The number of benzene rings is 1. The van der Waals surface area contributed by atoms with Crippen LogP contribution < -0.4 is 5.56 Å². The quantitative estimate of drug-likeness (QED) is 0.565. The fraction of sp³-hybridized carbons (Fsp3) is 0. The Bertz CT molecular complexity index is 932. The van der Waals surface area contributed by atoms with E-state index in [-0.39, 0.29) is 5.56 Å². The van der Waals surface area contributed by atoms with Crippen molar-refractivity contribution in [2.45, 2.75) is 0 Å². The first-order valence-corrected chi connectivity index (χ1v) is 5.86. The predicted octanol–water partition coefficient (Wildman–Crippen LogP) is 2.44. The van der Waals surface area contributed by atoms with Gasteiger partial charge >= 0.3 is 0 Å². The van der Waals surface area contributed by atoms with Gasteiger partial charge in [-0.3, -0.25) is 9.20 Å². The maximum atomic E-state index is 12.2. The highest BCUT2D eigenvalue weighted by molar-refractivity contribution is 5.83. The molecule has 0 aliphatic carbocycles. The molecule has 0 saturated carbocycles. The molecular weight excluding hydrogens is 242 g/mol. The Morgan fingerprint density at radius 1 is 1.16 bits per heavy atom. The number of nitrogens with one attached hydrogen (secondary N) is 1. The zero-order chi connectivity index (χ0) is 12.8. The fourth-order valence-corrected chi connectivity index (χ4v) is 2.31. The Balaban J connectivity index is 2.21. The van der Waals surface area contributed by atoms with Gasteiger partial charge in [-0.2, -0.15) is 0 Å². The number of hydrogen-bond acceptors (Lipinski definition) is 3. The normalized spacial score (nSPS) is 11.4. The molecule has 3 aromatic heterocycles. The van der Waals surface area contributed by atoms with Crippen LogP contribution in [0.2, 0.25) is 0 Å². The molecule has 0 saturated heterocycles. The van der Waals surface area contributed by atoms with Crippen LogP contribution in [0.25, 0.3) is 28.0 Å². The van der Waals surface area contributed by atoms with Gasteiger partial charge in [-0.05, 0) is 24.3 Å². The number of aromatic nitrogens is 3. The molecule has 0 spiro atoms. The first-order chi connectivity index (χ1) is 9.34. The van der Waals surface area contributed by atoms with E-state index in [0.29, 0.717) is 17.0 Å². The molecule has 92 valence electrons. The molecule has 3 heterocycles. The number of hydrogen-bond donors (Lipinski definition) is 1. The summed E-state index contributed by atoms with van der Waals surface area (Å²) in [4.78, 5) is 19.4. The summed E-state index contributed by atoms with van der Waals surface area (Å²) in [5.41, 5.74) is 2.55. The van der Waals surface area contributed by atoms with Crippen molar-refractivity contribution in [1.29, 1.82) is 0 Å². The van der Waals surface area contributed by atoms with Crippen LogP contribution >= 0.6 is 0 Å². The van der Waals surface area contributed by atoms with E-state index in [2.05, 4.69) is 9.97 Å². The summed E-state index contributed by atoms with van der Waals surface area (Å²) in [6, 6.07) is 11.2.